The molecule has 1 heterocycles. The average molecular weight is 293 g/mol. The summed E-state index contributed by atoms with van der Waals surface area (Å²) < 4.78 is 5.24. The number of guanidine groups is 1. The third kappa shape index (κ3) is 4.74. The van der Waals surface area contributed by atoms with Crippen LogP contribution < -0.4 is 10.6 Å². The van der Waals surface area contributed by atoms with E-state index >= 15 is 0 Å². The Morgan fingerprint density at radius 2 is 2.33 bits per heavy atom. The lowest BCUT2D eigenvalue weighted by molar-refractivity contribution is 0.0732. The predicted octanol–water partition coefficient (Wildman–Crippen LogP) is 1.67. The van der Waals surface area contributed by atoms with Crippen molar-refractivity contribution in [1.82, 2.24) is 20.8 Å². The van der Waals surface area contributed by atoms with Crippen LogP contribution in [0.1, 0.15) is 38.3 Å². The van der Waals surface area contributed by atoms with Crippen molar-refractivity contribution >= 4 is 5.96 Å². The van der Waals surface area contributed by atoms with Gasteiger partial charge < -0.3 is 15.4 Å². The lowest BCUT2D eigenvalue weighted by atomic mass is 9.67. The minimum absolute atomic E-state index is 0.389. The molecule has 118 valence electrons. The van der Waals surface area contributed by atoms with Crippen molar-refractivity contribution in [3.05, 3.63) is 18.0 Å². The number of H-pyrrole nitrogens is 1. The van der Waals surface area contributed by atoms with Gasteiger partial charge in [0.1, 0.15) is 0 Å². The Labute approximate surface area is 126 Å². The van der Waals surface area contributed by atoms with E-state index in [1.807, 2.05) is 6.07 Å². The number of ether oxygens (including phenoxy) is 1. The standard InChI is InChI=1S/C15H27N5O/c1-3-16-14(17-11-13-5-9-19-20-13)18-12-15(6-4-7-15)8-10-21-2/h5,9H,3-4,6-8,10-12H2,1-2H3,(H,19,20)(H2,16,17,18). The van der Waals surface area contributed by atoms with Gasteiger partial charge in [-0.25, -0.2) is 4.99 Å². The lowest BCUT2D eigenvalue weighted by Gasteiger charge is -2.42. The van der Waals surface area contributed by atoms with Crippen molar-refractivity contribution in [3.8, 4) is 0 Å². The molecule has 1 aliphatic carbocycles. The van der Waals surface area contributed by atoms with E-state index in [0.29, 0.717) is 12.0 Å². The van der Waals surface area contributed by atoms with Gasteiger partial charge in [0.25, 0.3) is 0 Å². The fourth-order valence-corrected chi connectivity index (χ4v) is 2.66. The SMILES string of the molecule is CCNC(=NCc1ccn[nH]1)NCC1(CCOC)CCC1. The van der Waals surface area contributed by atoms with Crippen LogP contribution >= 0.6 is 0 Å². The van der Waals surface area contributed by atoms with E-state index in [1.54, 1.807) is 13.3 Å². The van der Waals surface area contributed by atoms with E-state index in [9.17, 15) is 0 Å². The number of nitrogens with zero attached hydrogens (tertiary/aromatic N) is 2. The highest BCUT2D eigenvalue weighted by Gasteiger charge is 2.36. The monoisotopic (exact) mass is 293 g/mol. The van der Waals surface area contributed by atoms with Gasteiger partial charge in [0.2, 0.25) is 0 Å². The Morgan fingerprint density at radius 1 is 1.48 bits per heavy atom. The lowest BCUT2D eigenvalue weighted by Crippen LogP contribution is -2.46. The van der Waals surface area contributed by atoms with E-state index in [2.05, 4.69) is 32.7 Å². The van der Waals surface area contributed by atoms with E-state index in [0.717, 1.165) is 37.8 Å². The van der Waals surface area contributed by atoms with Crippen LogP contribution in [0, 0.1) is 5.41 Å². The molecule has 1 saturated carbocycles. The van der Waals surface area contributed by atoms with Gasteiger partial charge in [-0.15, -0.1) is 0 Å². The summed E-state index contributed by atoms with van der Waals surface area (Å²) in [5, 5.41) is 13.6. The first kappa shape index (κ1) is 15.8. The zero-order chi connectivity index (χ0) is 15.0. The Kier molecular flexibility index (Phi) is 6.04. The predicted molar refractivity (Wildman–Crippen MR) is 84.2 cm³/mol. The molecule has 0 aromatic carbocycles. The molecule has 0 saturated heterocycles. The second-order valence-corrected chi connectivity index (χ2v) is 5.73. The maximum Gasteiger partial charge on any atom is 0.191 e. The van der Waals surface area contributed by atoms with Crippen molar-refractivity contribution in [2.45, 2.75) is 39.2 Å². The number of hydrogen-bond acceptors (Lipinski definition) is 3. The number of rotatable bonds is 8. The normalized spacial score (nSPS) is 17.3. The Morgan fingerprint density at radius 3 is 2.90 bits per heavy atom. The maximum absolute atomic E-state index is 5.24. The van der Waals surface area contributed by atoms with Gasteiger partial charge in [-0.05, 0) is 37.7 Å². The summed E-state index contributed by atoms with van der Waals surface area (Å²) >= 11 is 0. The Bertz CT molecular complexity index is 425. The Hall–Kier alpha value is -1.56. The summed E-state index contributed by atoms with van der Waals surface area (Å²) in [6.07, 6.45) is 6.76. The van der Waals surface area contributed by atoms with Crippen LogP contribution in [0.5, 0.6) is 0 Å². The molecule has 0 aliphatic heterocycles. The van der Waals surface area contributed by atoms with Crippen molar-refractivity contribution in [3.63, 3.8) is 0 Å². The molecule has 1 aromatic rings. The van der Waals surface area contributed by atoms with Crippen molar-refractivity contribution in [1.29, 1.82) is 0 Å². The van der Waals surface area contributed by atoms with Crippen LogP contribution in [-0.4, -0.2) is 43.0 Å². The van der Waals surface area contributed by atoms with Gasteiger partial charge in [0.05, 0.1) is 12.2 Å². The van der Waals surface area contributed by atoms with Crippen molar-refractivity contribution in [2.75, 3.05) is 26.8 Å². The zero-order valence-corrected chi connectivity index (χ0v) is 13.1. The van der Waals surface area contributed by atoms with E-state index in [4.69, 9.17) is 4.74 Å². The quantitative estimate of drug-likeness (QED) is 0.503. The largest absolute Gasteiger partial charge is 0.385 e. The average Bonchev–Trinajstić information content (AvgIpc) is 2.96. The number of aromatic nitrogens is 2. The molecule has 1 fully saturated rings. The summed E-state index contributed by atoms with van der Waals surface area (Å²) in [4.78, 5) is 4.59. The van der Waals surface area contributed by atoms with E-state index in [1.165, 1.54) is 19.3 Å². The number of nitrogens with one attached hydrogen (secondary N) is 3. The molecule has 0 unspecified atom stereocenters. The highest BCUT2D eigenvalue weighted by Crippen LogP contribution is 2.43. The first-order chi connectivity index (χ1) is 10.3. The minimum atomic E-state index is 0.389. The smallest absolute Gasteiger partial charge is 0.191 e. The molecule has 0 spiro atoms. The summed E-state index contributed by atoms with van der Waals surface area (Å²) in [6, 6.07) is 1.94. The van der Waals surface area contributed by atoms with E-state index < -0.39 is 0 Å². The van der Waals surface area contributed by atoms with Crippen LogP contribution in [0.25, 0.3) is 0 Å². The molecule has 1 aliphatic rings. The molecule has 0 radical (unpaired) electrons. The zero-order valence-electron chi connectivity index (χ0n) is 13.1. The molecular weight excluding hydrogens is 266 g/mol. The van der Waals surface area contributed by atoms with Gasteiger partial charge in [-0.1, -0.05) is 6.42 Å². The summed E-state index contributed by atoms with van der Waals surface area (Å²) in [5.74, 6) is 0.871. The van der Waals surface area contributed by atoms with Crippen LogP contribution in [-0.2, 0) is 11.3 Å². The summed E-state index contributed by atoms with van der Waals surface area (Å²) in [7, 11) is 1.77. The van der Waals surface area contributed by atoms with Crippen LogP contribution in [0.4, 0.5) is 0 Å². The van der Waals surface area contributed by atoms with E-state index in [-0.39, 0.29) is 0 Å². The third-order valence-corrected chi connectivity index (χ3v) is 4.19. The first-order valence-electron chi connectivity index (χ1n) is 7.77. The molecule has 0 amide bonds. The van der Waals surface area contributed by atoms with Crippen molar-refractivity contribution in [2.24, 2.45) is 10.4 Å². The third-order valence-electron chi connectivity index (χ3n) is 4.19. The maximum atomic E-state index is 5.24. The highest BCUT2D eigenvalue weighted by molar-refractivity contribution is 5.79. The second-order valence-electron chi connectivity index (χ2n) is 5.73. The minimum Gasteiger partial charge on any atom is -0.385 e. The molecule has 0 bridgehead atoms. The van der Waals surface area contributed by atoms with Gasteiger partial charge >= 0.3 is 0 Å². The number of methoxy groups -OCH3 is 1. The van der Waals surface area contributed by atoms with Crippen LogP contribution in [0.2, 0.25) is 0 Å². The molecule has 3 N–H and O–H groups in total. The van der Waals surface area contributed by atoms with Crippen LogP contribution in [0.15, 0.2) is 17.3 Å². The number of hydrogen-bond donors (Lipinski definition) is 3. The molecule has 2 rings (SSSR count). The molecule has 6 heteroatoms. The number of aromatic amines is 1. The van der Waals surface area contributed by atoms with Gasteiger partial charge in [-0.2, -0.15) is 5.10 Å². The first-order valence-corrected chi connectivity index (χ1v) is 7.77. The van der Waals surface area contributed by atoms with Crippen molar-refractivity contribution < 1.29 is 4.74 Å². The molecule has 0 atom stereocenters. The summed E-state index contributed by atoms with van der Waals surface area (Å²) in [5.41, 5.74) is 1.41. The fraction of sp³-hybridized carbons (Fsp3) is 0.733. The van der Waals surface area contributed by atoms with Gasteiger partial charge in [0.15, 0.2) is 5.96 Å². The van der Waals surface area contributed by atoms with Crippen LogP contribution in [0.3, 0.4) is 0 Å². The molecular formula is C15H27N5O. The molecule has 21 heavy (non-hydrogen) atoms. The molecule has 6 nitrogen and oxygen atoms in total. The molecule has 1 aromatic heterocycles. The number of aliphatic imine (C=N–C) groups is 1. The Balaban J connectivity index is 1.85. The fourth-order valence-electron chi connectivity index (χ4n) is 2.66. The second kappa shape index (κ2) is 8.02. The topological polar surface area (TPSA) is 74.3 Å². The van der Waals surface area contributed by atoms with Gasteiger partial charge in [0, 0.05) is 33.0 Å². The van der Waals surface area contributed by atoms with Gasteiger partial charge in [-0.3, -0.25) is 5.10 Å². The summed E-state index contributed by atoms with van der Waals surface area (Å²) in [6.45, 7) is 5.35. The highest BCUT2D eigenvalue weighted by atomic mass is 16.5.